The fourth-order valence-electron chi connectivity index (χ4n) is 4.01. The molecule has 5 nitrogen and oxygen atoms in total. The van der Waals surface area contributed by atoms with Crippen LogP contribution in [0.1, 0.15) is 35.8 Å². The van der Waals surface area contributed by atoms with E-state index in [-0.39, 0.29) is 19.2 Å². The maximum atomic E-state index is 12.8. The number of hydrogen-bond donors (Lipinski definition) is 2. The van der Waals surface area contributed by atoms with Gasteiger partial charge in [0.05, 0.1) is 18.4 Å². The monoisotopic (exact) mass is 368 g/mol. The van der Waals surface area contributed by atoms with Crippen molar-refractivity contribution in [3.05, 3.63) is 71.8 Å². The van der Waals surface area contributed by atoms with Gasteiger partial charge in [0, 0.05) is 18.4 Å². The van der Waals surface area contributed by atoms with Gasteiger partial charge in [-0.1, -0.05) is 60.7 Å². The van der Waals surface area contributed by atoms with Gasteiger partial charge in [0.1, 0.15) is 0 Å². The second kappa shape index (κ2) is 8.82. The molecule has 2 unspecified atom stereocenters. The Morgan fingerprint density at radius 3 is 1.78 bits per heavy atom. The van der Waals surface area contributed by atoms with Gasteiger partial charge in [-0.25, -0.2) is 0 Å². The van der Waals surface area contributed by atoms with E-state index in [1.165, 1.54) is 0 Å². The standard InChI is InChI=1S/C22H24O5/c23-13-7-8-14-27-22(26)20-17(15-9-3-1-4-10-15)19(21(24)25)18(20)16-11-5-2-6-12-16/h1-6,9-12,17-20,23H,7-8,13-14H2,(H,24,25)/t17-,18+,19?,20?. The third kappa shape index (κ3) is 4.03. The maximum absolute atomic E-state index is 12.8. The van der Waals surface area contributed by atoms with E-state index < -0.39 is 29.6 Å². The fraction of sp³-hybridized carbons (Fsp3) is 0.364. The Balaban J connectivity index is 1.90. The van der Waals surface area contributed by atoms with Gasteiger partial charge in [0.15, 0.2) is 0 Å². The molecule has 142 valence electrons. The largest absolute Gasteiger partial charge is 0.481 e. The second-order valence-electron chi connectivity index (χ2n) is 6.86. The predicted molar refractivity (Wildman–Crippen MR) is 100 cm³/mol. The van der Waals surface area contributed by atoms with Crippen LogP contribution in [0.2, 0.25) is 0 Å². The molecule has 0 aliphatic heterocycles. The molecule has 2 aromatic rings. The Bertz CT molecular complexity index is 711. The topological polar surface area (TPSA) is 83.8 Å². The van der Waals surface area contributed by atoms with E-state index in [0.717, 1.165) is 11.1 Å². The van der Waals surface area contributed by atoms with Crippen LogP contribution >= 0.6 is 0 Å². The lowest BCUT2D eigenvalue weighted by Gasteiger charge is -2.49. The summed E-state index contributed by atoms with van der Waals surface area (Å²) < 4.78 is 5.44. The van der Waals surface area contributed by atoms with Crippen LogP contribution in [-0.2, 0) is 14.3 Å². The number of carboxylic acid groups (broad SMARTS) is 1. The van der Waals surface area contributed by atoms with Crippen LogP contribution in [0, 0.1) is 11.8 Å². The van der Waals surface area contributed by atoms with Crippen LogP contribution < -0.4 is 0 Å². The Kier molecular flexibility index (Phi) is 6.24. The highest BCUT2D eigenvalue weighted by Crippen LogP contribution is 2.58. The molecular formula is C22H24O5. The number of carbonyl (C=O) groups excluding carboxylic acids is 1. The number of rotatable bonds is 8. The molecule has 0 spiro atoms. The molecule has 0 saturated heterocycles. The molecule has 5 heteroatoms. The van der Waals surface area contributed by atoms with Crippen molar-refractivity contribution >= 4 is 11.9 Å². The molecule has 4 atom stereocenters. The number of carbonyl (C=O) groups is 2. The minimum absolute atomic E-state index is 0.0569. The lowest BCUT2D eigenvalue weighted by atomic mass is 9.52. The van der Waals surface area contributed by atoms with E-state index in [0.29, 0.717) is 12.8 Å². The van der Waals surface area contributed by atoms with Gasteiger partial charge in [0.2, 0.25) is 0 Å². The molecule has 1 saturated carbocycles. The summed E-state index contributed by atoms with van der Waals surface area (Å²) in [6.07, 6.45) is 1.16. The Morgan fingerprint density at radius 1 is 0.815 bits per heavy atom. The number of aliphatic hydroxyl groups excluding tert-OH is 1. The van der Waals surface area contributed by atoms with Crippen LogP contribution in [0.25, 0.3) is 0 Å². The number of esters is 1. The number of ether oxygens (including phenoxy) is 1. The predicted octanol–water partition coefficient (Wildman–Crippen LogP) is 3.20. The molecule has 0 radical (unpaired) electrons. The van der Waals surface area contributed by atoms with Crippen molar-refractivity contribution in [1.82, 2.24) is 0 Å². The normalized spacial score (nSPS) is 24.0. The van der Waals surface area contributed by atoms with Crippen LogP contribution in [-0.4, -0.2) is 35.4 Å². The van der Waals surface area contributed by atoms with E-state index in [1.54, 1.807) is 0 Å². The molecule has 1 aliphatic rings. The molecule has 27 heavy (non-hydrogen) atoms. The van der Waals surface area contributed by atoms with E-state index in [1.807, 2.05) is 60.7 Å². The molecule has 2 aromatic carbocycles. The Hall–Kier alpha value is -2.66. The zero-order valence-corrected chi connectivity index (χ0v) is 15.0. The molecular weight excluding hydrogens is 344 g/mol. The number of aliphatic carboxylic acids is 1. The van der Waals surface area contributed by atoms with Gasteiger partial charge < -0.3 is 14.9 Å². The summed E-state index contributed by atoms with van der Waals surface area (Å²) in [6, 6.07) is 18.6. The first kappa shape index (κ1) is 19.1. The summed E-state index contributed by atoms with van der Waals surface area (Å²) in [7, 11) is 0. The Morgan fingerprint density at radius 2 is 1.33 bits per heavy atom. The van der Waals surface area contributed by atoms with E-state index in [4.69, 9.17) is 9.84 Å². The maximum Gasteiger partial charge on any atom is 0.310 e. The molecule has 1 fully saturated rings. The minimum Gasteiger partial charge on any atom is -0.481 e. The van der Waals surface area contributed by atoms with Crippen molar-refractivity contribution in [2.45, 2.75) is 24.7 Å². The van der Waals surface area contributed by atoms with E-state index in [2.05, 4.69) is 0 Å². The average molecular weight is 368 g/mol. The second-order valence-corrected chi connectivity index (χ2v) is 6.86. The summed E-state index contributed by atoms with van der Waals surface area (Å²) in [4.78, 5) is 24.9. The highest BCUT2D eigenvalue weighted by atomic mass is 16.5. The molecule has 0 amide bonds. The van der Waals surface area contributed by atoms with Crippen molar-refractivity contribution in [1.29, 1.82) is 0 Å². The minimum atomic E-state index is -0.901. The van der Waals surface area contributed by atoms with Gasteiger partial charge >= 0.3 is 11.9 Å². The van der Waals surface area contributed by atoms with Gasteiger partial charge in [0.25, 0.3) is 0 Å². The number of carboxylic acids is 1. The van der Waals surface area contributed by atoms with Crippen molar-refractivity contribution in [3.63, 3.8) is 0 Å². The molecule has 0 bridgehead atoms. The summed E-state index contributed by atoms with van der Waals surface area (Å²) in [5, 5.41) is 18.7. The summed E-state index contributed by atoms with van der Waals surface area (Å²) in [6.45, 7) is 0.290. The zero-order valence-electron chi connectivity index (χ0n) is 15.0. The summed E-state index contributed by atoms with van der Waals surface area (Å²) in [5.41, 5.74) is 1.68. The lowest BCUT2D eigenvalue weighted by Crippen LogP contribution is -2.51. The highest BCUT2D eigenvalue weighted by molar-refractivity contribution is 5.84. The van der Waals surface area contributed by atoms with E-state index >= 15 is 0 Å². The number of hydrogen-bond acceptors (Lipinski definition) is 4. The third-order valence-corrected chi connectivity index (χ3v) is 5.27. The fourth-order valence-corrected chi connectivity index (χ4v) is 4.01. The first-order chi connectivity index (χ1) is 13.1. The molecule has 3 rings (SSSR count). The average Bonchev–Trinajstić information content (AvgIpc) is 2.66. The first-order valence-corrected chi connectivity index (χ1v) is 9.25. The Labute approximate surface area is 158 Å². The summed E-state index contributed by atoms with van der Waals surface area (Å²) >= 11 is 0. The van der Waals surface area contributed by atoms with Crippen molar-refractivity contribution < 1.29 is 24.5 Å². The van der Waals surface area contributed by atoms with E-state index in [9.17, 15) is 14.7 Å². The van der Waals surface area contributed by atoms with Crippen LogP contribution in [0.15, 0.2) is 60.7 Å². The quantitative estimate of drug-likeness (QED) is 0.552. The number of unbranched alkanes of at least 4 members (excludes halogenated alkanes) is 1. The molecule has 1 aliphatic carbocycles. The molecule has 0 heterocycles. The SMILES string of the molecule is O=C(O)C1[C@@H](c2ccccc2)C(C(=O)OCCCCO)[C@H]1c1ccccc1. The van der Waals surface area contributed by atoms with Gasteiger partial charge in [-0.2, -0.15) is 0 Å². The van der Waals surface area contributed by atoms with Crippen LogP contribution in [0.4, 0.5) is 0 Å². The van der Waals surface area contributed by atoms with Gasteiger partial charge in [-0.3, -0.25) is 9.59 Å². The third-order valence-electron chi connectivity index (χ3n) is 5.27. The van der Waals surface area contributed by atoms with Crippen LogP contribution in [0.5, 0.6) is 0 Å². The van der Waals surface area contributed by atoms with Gasteiger partial charge in [-0.15, -0.1) is 0 Å². The zero-order chi connectivity index (χ0) is 19.2. The van der Waals surface area contributed by atoms with Crippen molar-refractivity contribution in [2.24, 2.45) is 11.8 Å². The number of benzene rings is 2. The highest BCUT2D eigenvalue weighted by Gasteiger charge is 2.59. The van der Waals surface area contributed by atoms with Crippen molar-refractivity contribution in [3.8, 4) is 0 Å². The molecule has 2 N–H and O–H groups in total. The molecule has 0 aromatic heterocycles. The lowest BCUT2D eigenvalue weighted by molar-refractivity contribution is -0.164. The van der Waals surface area contributed by atoms with Gasteiger partial charge in [-0.05, 0) is 24.0 Å². The van der Waals surface area contributed by atoms with Crippen LogP contribution in [0.3, 0.4) is 0 Å². The summed E-state index contributed by atoms with van der Waals surface area (Å²) in [5.74, 6) is -3.32. The first-order valence-electron chi connectivity index (χ1n) is 9.25. The smallest absolute Gasteiger partial charge is 0.310 e. The van der Waals surface area contributed by atoms with Crippen molar-refractivity contribution in [2.75, 3.05) is 13.2 Å². The number of aliphatic hydroxyl groups is 1.